The maximum atomic E-state index is 15.5. The fraction of sp³-hybridized carbons (Fsp3) is 0.571. The van der Waals surface area contributed by atoms with Crippen molar-refractivity contribution < 1.29 is 91.9 Å². The maximum Gasteiger partial charge on any atom is 0.407 e. The molecule has 125 heavy (non-hydrogen) atoms. The highest BCUT2D eigenvalue weighted by molar-refractivity contribution is 7.80. The van der Waals surface area contributed by atoms with Crippen LogP contribution in [-0.4, -0.2) is 254 Å². The molecule has 7 aliphatic rings. The van der Waals surface area contributed by atoms with Crippen molar-refractivity contribution in [2.24, 2.45) is 29.1 Å². The number of amides is 11. The molecule has 4 aromatic rings. The topological polar surface area (TPSA) is 444 Å². The number of likely N-dealkylation sites (tertiary alicyclic amines) is 2. The number of nitrogens with one attached hydrogen (secondary N) is 10. The van der Waals surface area contributed by atoms with Crippen molar-refractivity contribution in [1.29, 1.82) is 0 Å². The number of aliphatic hydroxyl groups is 3. The Hall–Kier alpha value is -10.1. The molecule has 3 aromatic carbocycles. The van der Waals surface area contributed by atoms with Gasteiger partial charge in [-0.25, -0.2) is 9.59 Å². The molecule has 34 heteroatoms. The summed E-state index contributed by atoms with van der Waals surface area (Å²) in [5.41, 5.74) is 0.811. The lowest BCUT2D eigenvalue weighted by molar-refractivity contribution is -0.203. The van der Waals surface area contributed by atoms with Gasteiger partial charge in [0, 0.05) is 105 Å². The van der Waals surface area contributed by atoms with Crippen LogP contribution in [0.2, 0.25) is 0 Å². The quantitative estimate of drug-likeness (QED) is 0.0171. The molecule has 13 N–H and O–H groups in total. The van der Waals surface area contributed by atoms with Crippen molar-refractivity contribution in [3.8, 4) is 0 Å². The highest BCUT2D eigenvalue weighted by atomic mass is 32.1. The Bertz CT molecular complexity index is 4660. The van der Waals surface area contributed by atoms with E-state index in [2.05, 4.69) is 78.1 Å². The highest BCUT2D eigenvalue weighted by Gasteiger charge is 2.69. The Morgan fingerprint density at radius 2 is 1.22 bits per heavy atom. The monoisotopic (exact) mass is 1770 g/mol. The molecule has 678 valence electrons. The van der Waals surface area contributed by atoms with Gasteiger partial charge in [0.2, 0.25) is 53.2 Å². The predicted octanol–water partition coefficient (Wildman–Crippen LogP) is 4.15. The first-order chi connectivity index (χ1) is 59.6. The SMILES string of the molecule is CO[C@@]1(C(=O)OC[C@@H](NC(=O)[C@H](CS)NC(=O)[C@@H](NC(=O)[C@H](CCCCNC(=O)OC(C)(C)C)NC(=O)[C@@H](Cc2c[nH]c3ccccc23)NC(=O)[C@H](Cc2ccccc2)NC(=O)[C@H](CS)NC(=O)[C@@H](Cc2ccccc2)NC(=O)[C@@H]2CCCN2C(=O)[C@@H]2CCCN2C(=O)C2=CN(C)C=CC2)[C@@H](C)O)[C@@H](C)O)CCC2C3CCC4=CC(=O)CCC4C3C(O)CC21C. The summed E-state index contributed by atoms with van der Waals surface area (Å²) in [6.45, 7) is 9.69. The third-order valence-corrected chi connectivity index (χ3v) is 26.5. The van der Waals surface area contributed by atoms with Crippen LogP contribution >= 0.6 is 25.3 Å². The van der Waals surface area contributed by atoms with Crippen LogP contribution in [0.15, 0.2) is 127 Å². The van der Waals surface area contributed by atoms with Crippen LogP contribution < -0.4 is 47.9 Å². The lowest BCUT2D eigenvalue weighted by Gasteiger charge is -2.57. The number of benzene rings is 3. The van der Waals surface area contributed by atoms with Gasteiger partial charge in [0.25, 0.3) is 5.91 Å². The number of carbonyl (C=O) groups excluding carboxylic acids is 13. The van der Waals surface area contributed by atoms with Crippen LogP contribution in [0.3, 0.4) is 0 Å². The summed E-state index contributed by atoms with van der Waals surface area (Å²) in [5, 5.41) is 59.6. The summed E-state index contributed by atoms with van der Waals surface area (Å²) in [4.78, 5) is 195. The number of ketones is 1. The molecule has 5 fully saturated rings. The van der Waals surface area contributed by atoms with Crippen molar-refractivity contribution in [3.05, 3.63) is 144 Å². The number of aromatic nitrogens is 1. The molecule has 6 unspecified atom stereocenters. The molecule has 0 radical (unpaired) electrons. The lowest BCUT2D eigenvalue weighted by Crippen LogP contribution is -2.62. The number of aliphatic hydroxyl groups excluding tert-OH is 3. The summed E-state index contributed by atoms with van der Waals surface area (Å²) in [6.07, 6.45) is 9.80. The van der Waals surface area contributed by atoms with E-state index >= 15 is 14.4 Å². The number of ether oxygens (including phenoxy) is 3. The summed E-state index contributed by atoms with van der Waals surface area (Å²) in [6, 6.07) is 10.8. The first-order valence-corrected chi connectivity index (χ1v) is 44.9. The normalized spacial score (nSPS) is 24.5. The van der Waals surface area contributed by atoms with Crippen molar-refractivity contribution in [2.45, 2.75) is 247 Å². The van der Waals surface area contributed by atoms with E-state index in [0.29, 0.717) is 84.7 Å². The molecule has 11 rings (SSSR count). The van der Waals surface area contributed by atoms with Crippen molar-refractivity contribution in [3.63, 3.8) is 0 Å². The number of H-pyrrole nitrogens is 1. The van der Waals surface area contributed by atoms with Crippen LogP contribution in [0.5, 0.6) is 0 Å². The average Bonchev–Trinajstić information content (AvgIpc) is 1.56. The Labute approximate surface area is 740 Å². The van der Waals surface area contributed by atoms with Gasteiger partial charge in [0.1, 0.15) is 66.6 Å². The minimum absolute atomic E-state index is 0.0282. The van der Waals surface area contributed by atoms with E-state index in [9.17, 15) is 63.3 Å². The van der Waals surface area contributed by atoms with Crippen LogP contribution in [-0.2, 0) is 91.0 Å². The lowest BCUT2D eigenvalue weighted by atomic mass is 9.49. The number of hydrogen-bond acceptors (Lipinski definition) is 22. The van der Waals surface area contributed by atoms with Gasteiger partial charge in [-0.1, -0.05) is 97.4 Å². The molecule has 32 nitrogen and oxygen atoms in total. The number of hydrogen-bond donors (Lipinski definition) is 15. The number of nitrogens with zero attached hydrogens (tertiary/aromatic N) is 3. The summed E-state index contributed by atoms with van der Waals surface area (Å²) < 4.78 is 17.6. The Morgan fingerprint density at radius 1 is 0.648 bits per heavy atom. The largest absolute Gasteiger partial charge is 0.461 e. The number of aromatic amines is 1. The first-order valence-electron chi connectivity index (χ1n) is 43.6. The number of methoxy groups -OCH3 is 1. The van der Waals surface area contributed by atoms with Gasteiger partial charge >= 0.3 is 12.1 Å². The van der Waals surface area contributed by atoms with E-state index in [-0.39, 0.29) is 124 Å². The van der Waals surface area contributed by atoms with E-state index in [1.807, 2.05) is 26.2 Å². The van der Waals surface area contributed by atoms with E-state index < -0.39 is 161 Å². The molecular formula is C91H123N13O19S2. The first kappa shape index (κ1) is 95.5. The third kappa shape index (κ3) is 23.4. The van der Waals surface area contributed by atoms with Gasteiger partial charge in [-0.15, -0.1) is 0 Å². The zero-order valence-electron chi connectivity index (χ0n) is 72.4. The van der Waals surface area contributed by atoms with E-state index in [4.69, 9.17) is 14.2 Å². The fourth-order valence-electron chi connectivity index (χ4n) is 19.4. The number of carbonyl (C=O) groups is 13. The average molecular weight is 1770 g/mol. The minimum Gasteiger partial charge on any atom is -0.461 e. The molecule has 3 saturated carbocycles. The van der Waals surface area contributed by atoms with Gasteiger partial charge in [-0.2, -0.15) is 25.3 Å². The number of allylic oxidation sites excluding steroid dienone is 2. The fourth-order valence-corrected chi connectivity index (χ4v) is 19.9. The number of esters is 1. The van der Waals surface area contributed by atoms with Crippen molar-refractivity contribution in [2.75, 3.05) is 51.9 Å². The summed E-state index contributed by atoms with van der Waals surface area (Å²) >= 11 is 8.89. The Morgan fingerprint density at radius 3 is 1.85 bits per heavy atom. The zero-order valence-corrected chi connectivity index (χ0v) is 74.2. The van der Waals surface area contributed by atoms with Crippen molar-refractivity contribution >= 4 is 113 Å². The highest BCUT2D eigenvalue weighted by Crippen LogP contribution is 2.66. The molecule has 4 aliphatic carbocycles. The van der Waals surface area contributed by atoms with Gasteiger partial charge in [-0.05, 0) is 183 Å². The standard InChI is InChI=1S/C91H123N13O19S2/c1-52(105)69(49-122-87(119)91(121-8)37-36-63-62-34-32-56-44-59(107)33-35-61(56)75(62)74(108)46-90(63,91)6)98-82(114)71(51-125)100-84(116)76(53(2)106)101-77(109)65(29-17-18-38-92-88(120)123-89(3,4)5)94-80(112)68(45-58-47-93-64-28-16-15-27-60(58)64)96-78(110)66(42-54-22-11-9-12-23-54)95-81(113)70(50-124)99-79(111)67(43-55-24-13-10-14-25-55)97-83(115)72-30-20-40-103(72)86(118)73-31-21-41-104(73)85(117)57-26-19-39-102(7)48-57/h9-16,19,22-25,27-28,39,44,47-48,52-53,61-63,65-76,93,105-106,108,124-125H,17-18,20-21,26,29-38,40-43,45-46,49-51H2,1-8H3,(H,92,120)(H,94,112)(H,95,113)(H,96,110)(H,97,115)(H,98,114)(H,99,111)(H,100,116)(H,101,109)/t52-,53-,61?,62?,63?,65+,66+,67-,68-,69-,70+,71+,72+,73+,74?,75?,76+,90?,91-/m1/s1. The van der Waals surface area contributed by atoms with Crippen LogP contribution in [0.25, 0.3) is 10.9 Å². The number of para-hydroxylation sites is 1. The second kappa shape index (κ2) is 42.9. The number of thiol groups is 2. The minimum atomic E-state index is -1.84. The second-order valence-electron chi connectivity index (χ2n) is 35.5. The molecule has 0 bridgehead atoms. The van der Waals surface area contributed by atoms with E-state index in [0.717, 1.165) is 18.4 Å². The van der Waals surface area contributed by atoms with Crippen molar-refractivity contribution in [1.82, 2.24) is 67.5 Å². The maximum absolute atomic E-state index is 15.5. The molecule has 4 heterocycles. The smallest absolute Gasteiger partial charge is 0.407 e. The molecule has 0 spiro atoms. The van der Waals surface area contributed by atoms with Gasteiger partial charge < -0.3 is 97.1 Å². The third-order valence-electron chi connectivity index (χ3n) is 25.8. The molecular weight excluding hydrogens is 1640 g/mol. The number of fused-ring (bicyclic) bond motifs is 6. The van der Waals surface area contributed by atoms with Gasteiger partial charge in [0.15, 0.2) is 11.4 Å². The Kier molecular flexibility index (Phi) is 32.8. The zero-order chi connectivity index (χ0) is 90.2. The van der Waals surface area contributed by atoms with Crippen LogP contribution in [0, 0.1) is 29.1 Å². The molecule has 2 saturated heterocycles. The number of unbranched alkanes of at least 4 members (excludes halogenated alkanes) is 1. The van der Waals surface area contributed by atoms with Crippen LogP contribution in [0.4, 0.5) is 4.79 Å². The van der Waals surface area contributed by atoms with Gasteiger partial charge in [-0.3, -0.25) is 52.7 Å². The summed E-state index contributed by atoms with van der Waals surface area (Å²) in [5.74, 6) is -9.10. The molecule has 3 aliphatic heterocycles. The molecule has 1 aromatic heterocycles. The Balaban J connectivity index is 0.783. The van der Waals surface area contributed by atoms with Gasteiger partial charge in [0.05, 0.1) is 24.4 Å². The summed E-state index contributed by atoms with van der Waals surface area (Å²) in [7, 11) is 3.24. The number of rotatable bonds is 37. The second-order valence-corrected chi connectivity index (χ2v) is 36.2. The molecule has 11 amide bonds. The van der Waals surface area contributed by atoms with Crippen LogP contribution in [0.1, 0.15) is 155 Å². The van der Waals surface area contributed by atoms with E-state index in [1.165, 1.54) is 25.9 Å². The predicted molar refractivity (Wildman–Crippen MR) is 470 cm³/mol. The number of alkyl carbamates (subject to hydrolysis) is 1. The molecule has 19 atom stereocenters. The van der Waals surface area contributed by atoms with E-state index in [1.54, 1.807) is 134 Å².